The fourth-order valence-electron chi connectivity index (χ4n) is 6.00. The highest BCUT2D eigenvalue weighted by Crippen LogP contribution is 2.65. The summed E-state index contributed by atoms with van der Waals surface area (Å²) in [6.45, 7) is 6.72. The number of methoxy groups -OCH3 is 1. The molecule has 0 radical (unpaired) electrons. The molecular weight excluding hydrogens is 545 g/mol. The van der Waals surface area contributed by atoms with Crippen LogP contribution in [0.3, 0.4) is 0 Å². The Balaban J connectivity index is 1.68. The zero-order valence-electron chi connectivity index (χ0n) is 23.3. The van der Waals surface area contributed by atoms with Gasteiger partial charge in [0.25, 0.3) is 0 Å². The third-order valence-corrected chi connectivity index (χ3v) is 8.28. The van der Waals surface area contributed by atoms with Gasteiger partial charge in [0.2, 0.25) is 17.7 Å². The van der Waals surface area contributed by atoms with Crippen molar-refractivity contribution >= 4 is 34.4 Å². The number of piperidine rings is 1. The van der Waals surface area contributed by atoms with Gasteiger partial charge in [-0.15, -0.1) is 0 Å². The number of carbonyl (C=O) groups is 4. The van der Waals surface area contributed by atoms with E-state index in [-0.39, 0.29) is 36.1 Å². The first-order valence-corrected chi connectivity index (χ1v) is 13.0. The highest BCUT2D eigenvalue weighted by molar-refractivity contribution is 5.97. The molecule has 1 aromatic heterocycles. The van der Waals surface area contributed by atoms with Crippen molar-refractivity contribution in [2.75, 3.05) is 20.3 Å². The van der Waals surface area contributed by atoms with Crippen molar-refractivity contribution in [1.29, 1.82) is 0 Å². The minimum absolute atomic E-state index is 0.0748. The van der Waals surface area contributed by atoms with Crippen LogP contribution in [0.5, 0.6) is 0 Å². The fourth-order valence-corrected chi connectivity index (χ4v) is 6.00. The molecular formula is C27H33F3N6O5. The number of carbonyl (C=O) groups excluding carboxylic acids is 4. The van der Waals surface area contributed by atoms with Crippen molar-refractivity contribution in [2.45, 2.75) is 52.0 Å². The van der Waals surface area contributed by atoms with Crippen LogP contribution in [0.4, 0.5) is 13.2 Å². The number of nitrogens with zero attached hydrogens (tertiary/aromatic N) is 3. The van der Waals surface area contributed by atoms with Crippen molar-refractivity contribution in [3.05, 3.63) is 36.2 Å². The Kier molecular flexibility index (Phi) is 7.76. The number of alkyl halides is 3. The van der Waals surface area contributed by atoms with Crippen molar-refractivity contribution in [2.24, 2.45) is 28.4 Å². The van der Waals surface area contributed by atoms with Gasteiger partial charge >= 0.3 is 12.1 Å². The number of aromatic nitrogens is 2. The molecule has 11 nitrogen and oxygen atoms in total. The molecule has 4 amide bonds. The van der Waals surface area contributed by atoms with E-state index in [1.807, 2.05) is 19.2 Å². The first kappa shape index (κ1) is 30.2. The number of amides is 4. The first-order valence-electron chi connectivity index (χ1n) is 13.0. The Morgan fingerprint density at radius 3 is 2.44 bits per heavy atom. The van der Waals surface area contributed by atoms with Crippen LogP contribution in [0.15, 0.2) is 30.5 Å². The summed E-state index contributed by atoms with van der Waals surface area (Å²) in [6, 6.07) is 2.73. The summed E-state index contributed by atoms with van der Waals surface area (Å²) < 4.78 is 44.7. The number of nitrogens with one attached hydrogen (secondary N) is 2. The Morgan fingerprint density at radius 2 is 1.83 bits per heavy atom. The van der Waals surface area contributed by atoms with Crippen LogP contribution in [0.2, 0.25) is 0 Å². The summed E-state index contributed by atoms with van der Waals surface area (Å²) in [5.74, 6) is -5.26. The van der Waals surface area contributed by atoms with Gasteiger partial charge in [-0.1, -0.05) is 52.0 Å². The monoisotopic (exact) mass is 578 g/mol. The molecule has 4 rings (SSSR count). The van der Waals surface area contributed by atoms with E-state index in [0.29, 0.717) is 10.8 Å². The minimum atomic E-state index is -5.23. The minimum Gasteiger partial charge on any atom is -0.384 e. The highest BCUT2D eigenvalue weighted by Gasteiger charge is 2.70. The van der Waals surface area contributed by atoms with E-state index in [2.05, 4.69) is 15.5 Å². The van der Waals surface area contributed by atoms with E-state index in [9.17, 15) is 32.3 Å². The third kappa shape index (κ3) is 5.56. The van der Waals surface area contributed by atoms with Gasteiger partial charge in [-0.25, -0.2) is 0 Å². The standard InChI is InChI=1S/C27H33F3N6O5/c1-25(2,12-41-5)20(34-24(40)27(28,29)30)23(39)36-11-15-16(26(15,3)4)19(36)22(38)33-18(21(31)37)17-14-9-7-6-8-13(14)10-32-35-17/h6-10,15-16,18-20H,11-12H2,1-5H3,(H2,31,37)(H,33,38)(H,34,40)/t15-,16-,18?,19-,20?/m0/s1. The van der Waals surface area contributed by atoms with Gasteiger partial charge in [0, 0.05) is 29.8 Å². The Hall–Kier alpha value is -3.81. The highest BCUT2D eigenvalue weighted by atomic mass is 19.4. The molecule has 0 spiro atoms. The van der Waals surface area contributed by atoms with E-state index < -0.39 is 53.3 Å². The molecule has 4 N–H and O–H groups in total. The summed E-state index contributed by atoms with van der Waals surface area (Å²) in [7, 11) is 1.32. The van der Waals surface area contributed by atoms with Crippen LogP contribution in [0, 0.1) is 22.7 Å². The van der Waals surface area contributed by atoms with Crippen LogP contribution >= 0.6 is 0 Å². The molecule has 1 aliphatic carbocycles. The van der Waals surface area contributed by atoms with Crippen LogP contribution in [0.1, 0.15) is 39.4 Å². The zero-order valence-corrected chi connectivity index (χ0v) is 23.3. The molecule has 1 saturated heterocycles. The average Bonchev–Trinajstić information content (AvgIpc) is 3.21. The predicted molar refractivity (Wildman–Crippen MR) is 140 cm³/mol. The number of benzene rings is 1. The number of hydrogen-bond donors (Lipinski definition) is 3. The van der Waals surface area contributed by atoms with Crippen molar-refractivity contribution in [3.8, 4) is 0 Å². The molecule has 0 bridgehead atoms. The molecule has 2 aliphatic rings. The van der Waals surface area contributed by atoms with Crippen molar-refractivity contribution < 1.29 is 37.1 Å². The lowest BCUT2D eigenvalue weighted by atomic mass is 9.83. The second-order valence-corrected chi connectivity index (χ2v) is 11.9. The Labute approximate surface area is 234 Å². The summed E-state index contributed by atoms with van der Waals surface area (Å²) in [4.78, 5) is 53.4. The third-order valence-electron chi connectivity index (χ3n) is 8.28. The molecule has 41 heavy (non-hydrogen) atoms. The van der Waals surface area contributed by atoms with Crippen molar-refractivity contribution in [3.63, 3.8) is 0 Å². The maximum atomic E-state index is 13.9. The summed E-state index contributed by atoms with van der Waals surface area (Å²) >= 11 is 0. The van der Waals surface area contributed by atoms with E-state index in [1.54, 1.807) is 24.3 Å². The van der Waals surface area contributed by atoms with Crippen LogP contribution in [-0.4, -0.2) is 77.2 Å². The Morgan fingerprint density at radius 1 is 1.17 bits per heavy atom. The quantitative estimate of drug-likeness (QED) is 0.407. The lowest BCUT2D eigenvalue weighted by molar-refractivity contribution is -0.176. The van der Waals surface area contributed by atoms with Gasteiger partial charge in [-0.2, -0.15) is 23.4 Å². The number of primary amides is 1. The molecule has 2 unspecified atom stereocenters. The van der Waals surface area contributed by atoms with Gasteiger partial charge in [-0.3, -0.25) is 19.2 Å². The second kappa shape index (κ2) is 10.5. The molecule has 2 heterocycles. The average molecular weight is 579 g/mol. The maximum Gasteiger partial charge on any atom is 0.471 e. The predicted octanol–water partition coefficient (Wildman–Crippen LogP) is 1.48. The molecule has 1 aromatic carbocycles. The Bertz CT molecular complexity index is 1380. The SMILES string of the molecule is COCC(C)(C)C(NC(=O)C(F)(F)F)C(=O)N1C[C@H]2[C@@H]([C@H]1C(=O)NC(C(N)=O)c1nncc3ccccc13)C2(C)C. The molecule has 14 heteroatoms. The number of halogens is 3. The van der Waals surface area contributed by atoms with Gasteiger partial charge in [-0.05, 0) is 17.3 Å². The van der Waals surface area contributed by atoms with E-state index in [0.717, 1.165) is 0 Å². The second-order valence-electron chi connectivity index (χ2n) is 11.9. The maximum absolute atomic E-state index is 13.9. The summed E-state index contributed by atoms with van der Waals surface area (Å²) in [6.07, 6.45) is -3.74. The molecule has 222 valence electrons. The molecule has 2 fully saturated rings. The number of rotatable bonds is 9. The summed E-state index contributed by atoms with van der Waals surface area (Å²) in [5.41, 5.74) is 4.15. The lowest BCUT2D eigenvalue weighted by Crippen LogP contribution is -2.62. The number of ether oxygens (including phenoxy) is 1. The van der Waals surface area contributed by atoms with Gasteiger partial charge in [0.15, 0.2) is 6.04 Å². The smallest absolute Gasteiger partial charge is 0.384 e. The van der Waals surface area contributed by atoms with Gasteiger partial charge < -0.3 is 26.0 Å². The van der Waals surface area contributed by atoms with E-state index in [1.165, 1.54) is 32.1 Å². The molecule has 2 aromatic rings. The van der Waals surface area contributed by atoms with Gasteiger partial charge in [0.05, 0.1) is 12.8 Å². The molecule has 1 saturated carbocycles. The largest absolute Gasteiger partial charge is 0.471 e. The number of likely N-dealkylation sites (tertiary alicyclic amines) is 1. The van der Waals surface area contributed by atoms with Crippen LogP contribution < -0.4 is 16.4 Å². The molecule has 1 aliphatic heterocycles. The topological polar surface area (TPSA) is 157 Å². The number of hydrogen-bond acceptors (Lipinski definition) is 7. The number of fused-ring (bicyclic) bond motifs is 2. The van der Waals surface area contributed by atoms with Crippen molar-refractivity contribution in [1.82, 2.24) is 25.7 Å². The normalized spacial score (nSPS) is 22.9. The zero-order chi connectivity index (χ0) is 30.5. The van der Waals surface area contributed by atoms with Gasteiger partial charge in [0.1, 0.15) is 17.8 Å². The lowest BCUT2D eigenvalue weighted by Gasteiger charge is -2.39. The van der Waals surface area contributed by atoms with Crippen LogP contribution in [-0.2, 0) is 23.9 Å². The first-order chi connectivity index (χ1) is 19.0. The number of nitrogens with two attached hydrogens (primary N) is 1. The van der Waals surface area contributed by atoms with E-state index >= 15 is 0 Å². The fraction of sp³-hybridized carbons (Fsp3) is 0.556. The van der Waals surface area contributed by atoms with Crippen LogP contribution in [0.25, 0.3) is 10.8 Å². The van der Waals surface area contributed by atoms with E-state index in [4.69, 9.17) is 10.5 Å². The molecule has 5 atom stereocenters. The summed E-state index contributed by atoms with van der Waals surface area (Å²) in [5, 5.41) is 13.6.